The fourth-order valence-corrected chi connectivity index (χ4v) is 2.45. The summed E-state index contributed by atoms with van der Waals surface area (Å²) >= 11 is 0. The van der Waals surface area contributed by atoms with Crippen LogP contribution in [0.5, 0.6) is 0 Å². The molecule has 1 aliphatic heterocycles. The van der Waals surface area contributed by atoms with Gasteiger partial charge in [-0.15, -0.1) is 0 Å². The summed E-state index contributed by atoms with van der Waals surface area (Å²) in [5, 5.41) is 9.27. The lowest BCUT2D eigenvalue weighted by Gasteiger charge is -2.39. The van der Waals surface area contributed by atoms with Crippen LogP contribution in [0.2, 0.25) is 0 Å². The average molecular weight is 293 g/mol. The number of aliphatic carboxylic acids is 1. The van der Waals surface area contributed by atoms with Gasteiger partial charge in [0.25, 0.3) is 0 Å². The van der Waals surface area contributed by atoms with Crippen molar-refractivity contribution in [2.75, 3.05) is 6.54 Å². The highest BCUT2D eigenvalue weighted by Gasteiger charge is 2.41. The molecule has 1 N–H and O–H groups in total. The van der Waals surface area contributed by atoms with Gasteiger partial charge >= 0.3 is 12.1 Å². The van der Waals surface area contributed by atoms with E-state index in [-0.39, 0.29) is 19.3 Å². The molecule has 1 aromatic carbocycles. The van der Waals surface area contributed by atoms with Gasteiger partial charge in [-0.1, -0.05) is 30.3 Å². The maximum Gasteiger partial charge on any atom is 0.411 e. The Kier molecular flexibility index (Phi) is 4.80. The van der Waals surface area contributed by atoms with Crippen LogP contribution < -0.4 is 0 Å². The maximum absolute atomic E-state index is 12.2. The van der Waals surface area contributed by atoms with Gasteiger partial charge in [0.15, 0.2) is 6.04 Å². The molecule has 6 nitrogen and oxygen atoms in total. The Morgan fingerprint density at radius 2 is 2.00 bits per heavy atom. The summed E-state index contributed by atoms with van der Waals surface area (Å²) in [5.41, 5.74) is 0.854. The Morgan fingerprint density at radius 1 is 1.33 bits per heavy atom. The Morgan fingerprint density at radius 3 is 2.62 bits per heavy atom. The van der Waals surface area contributed by atoms with E-state index in [0.717, 1.165) is 5.56 Å². The van der Waals surface area contributed by atoms with E-state index in [4.69, 9.17) is 9.47 Å². The summed E-state index contributed by atoms with van der Waals surface area (Å²) < 4.78 is 10.7. The average Bonchev–Trinajstić information content (AvgIpc) is 2.44. The molecule has 0 aromatic heterocycles. The van der Waals surface area contributed by atoms with Crippen molar-refractivity contribution in [3.63, 3.8) is 0 Å². The SMILES string of the molecule is C[C@H]1CN(C(=O)OCc2ccccc2)C(C(=O)O)[C@@H](C)O1. The predicted molar refractivity (Wildman–Crippen MR) is 74.8 cm³/mol. The number of nitrogens with zero attached hydrogens (tertiary/aromatic N) is 1. The highest BCUT2D eigenvalue weighted by molar-refractivity contribution is 5.81. The molecule has 0 radical (unpaired) electrons. The number of carbonyl (C=O) groups is 2. The topological polar surface area (TPSA) is 76.1 Å². The second-order valence-electron chi connectivity index (χ2n) is 5.13. The van der Waals surface area contributed by atoms with Crippen LogP contribution in [-0.2, 0) is 20.9 Å². The quantitative estimate of drug-likeness (QED) is 0.921. The number of morpholine rings is 1. The summed E-state index contributed by atoms with van der Waals surface area (Å²) in [4.78, 5) is 24.7. The Hall–Kier alpha value is -2.08. The number of benzene rings is 1. The van der Waals surface area contributed by atoms with E-state index < -0.39 is 24.2 Å². The first kappa shape index (κ1) is 15.3. The van der Waals surface area contributed by atoms with Gasteiger partial charge < -0.3 is 14.6 Å². The van der Waals surface area contributed by atoms with Crippen molar-refractivity contribution in [2.45, 2.75) is 38.7 Å². The van der Waals surface area contributed by atoms with E-state index in [2.05, 4.69) is 0 Å². The van der Waals surface area contributed by atoms with Crippen LogP contribution in [0.1, 0.15) is 19.4 Å². The van der Waals surface area contributed by atoms with Crippen molar-refractivity contribution in [3.05, 3.63) is 35.9 Å². The molecule has 6 heteroatoms. The van der Waals surface area contributed by atoms with Gasteiger partial charge in [-0.05, 0) is 19.4 Å². The van der Waals surface area contributed by atoms with Crippen LogP contribution in [0.3, 0.4) is 0 Å². The summed E-state index contributed by atoms with van der Waals surface area (Å²) in [6.07, 6.45) is -1.43. The first-order chi connectivity index (χ1) is 9.99. The molecule has 1 aliphatic rings. The van der Waals surface area contributed by atoms with E-state index in [0.29, 0.717) is 0 Å². The zero-order valence-corrected chi connectivity index (χ0v) is 12.1. The minimum absolute atomic E-state index is 0.117. The molecule has 1 amide bonds. The third-order valence-electron chi connectivity index (χ3n) is 3.37. The van der Waals surface area contributed by atoms with Crippen molar-refractivity contribution in [2.24, 2.45) is 0 Å². The second kappa shape index (κ2) is 6.58. The number of rotatable bonds is 3. The first-order valence-electron chi connectivity index (χ1n) is 6.84. The standard InChI is InChI=1S/C15H19NO5/c1-10-8-16(13(14(17)18)11(2)21-10)15(19)20-9-12-6-4-3-5-7-12/h3-7,10-11,13H,8-9H2,1-2H3,(H,17,18)/t10-,11+,13?/m0/s1. The zero-order valence-electron chi connectivity index (χ0n) is 12.1. The Labute approximate surface area is 123 Å². The number of amides is 1. The van der Waals surface area contributed by atoms with Gasteiger partial charge in [-0.3, -0.25) is 4.90 Å². The molecule has 1 unspecified atom stereocenters. The third-order valence-corrected chi connectivity index (χ3v) is 3.37. The largest absolute Gasteiger partial charge is 0.480 e. The van der Waals surface area contributed by atoms with Crippen molar-refractivity contribution < 1.29 is 24.2 Å². The van der Waals surface area contributed by atoms with Crippen molar-refractivity contribution in [1.29, 1.82) is 0 Å². The molecule has 114 valence electrons. The molecule has 2 rings (SSSR count). The molecule has 0 aliphatic carbocycles. The van der Waals surface area contributed by atoms with E-state index in [1.54, 1.807) is 13.8 Å². The predicted octanol–water partition coefficient (Wildman–Crippen LogP) is 1.89. The van der Waals surface area contributed by atoms with Crippen molar-refractivity contribution >= 4 is 12.1 Å². The highest BCUT2D eigenvalue weighted by Crippen LogP contribution is 2.20. The highest BCUT2D eigenvalue weighted by atomic mass is 16.6. The molecule has 0 spiro atoms. The van der Waals surface area contributed by atoms with Gasteiger partial charge in [0, 0.05) is 0 Å². The smallest absolute Gasteiger partial charge is 0.411 e. The van der Waals surface area contributed by atoms with Crippen molar-refractivity contribution in [3.8, 4) is 0 Å². The number of hydrogen-bond donors (Lipinski definition) is 1. The minimum Gasteiger partial charge on any atom is -0.480 e. The zero-order chi connectivity index (χ0) is 15.4. The molecule has 1 aromatic rings. The van der Waals surface area contributed by atoms with Crippen LogP contribution in [0.15, 0.2) is 30.3 Å². The number of carboxylic acids is 1. The van der Waals surface area contributed by atoms with Crippen molar-refractivity contribution in [1.82, 2.24) is 4.90 Å². The lowest BCUT2D eigenvalue weighted by atomic mass is 10.1. The van der Waals surface area contributed by atoms with Gasteiger partial charge in [-0.2, -0.15) is 0 Å². The van der Waals surface area contributed by atoms with E-state index >= 15 is 0 Å². The molecule has 3 atom stereocenters. The molecule has 1 heterocycles. The monoisotopic (exact) mass is 293 g/mol. The lowest BCUT2D eigenvalue weighted by Crippen LogP contribution is -2.58. The molecule has 1 saturated heterocycles. The molecule has 1 fully saturated rings. The maximum atomic E-state index is 12.2. The van der Waals surface area contributed by atoms with Gasteiger partial charge in [0.1, 0.15) is 6.61 Å². The third kappa shape index (κ3) is 3.72. The van der Waals surface area contributed by atoms with E-state index in [1.807, 2.05) is 30.3 Å². The van der Waals surface area contributed by atoms with E-state index in [1.165, 1.54) is 4.90 Å². The van der Waals surface area contributed by atoms with Gasteiger partial charge in [0.2, 0.25) is 0 Å². The minimum atomic E-state index is -1.09. The second-order valence-corrected chi connectivity index (χ2v) is 5.13. The van der Waals surface area contributed by atoms with Gasteiger partial charge in [0.05, 0.1) is 18.8 Å². The lowest BCUT2D eigenvalue weighted by molar-refractivity contribution is -0.159. The fraction of sp³-hybridized carbons (Fsp3) is 0.467. The molecule has 0 saturated carbocycles. The summed E-state index contributed by atoms with van der Waals surface area (Å²) in [6.45, 7) is 3.76. The van der Waals surface area contributed by atoms with Crippen LogP contribution >= 0.6 is 0 Å². The van der Waals surface area contributed by atoms with E-state index in [9.17, 15) is 14.7 Å². The number of carbonyl (C=O) groups excluding carboxylic acids is 1. The Balaban J connectivity index is 2.03. The number of carboxylic acid groups (broad SMARTS) is 1. The summed E-state index contributed by atoms with van der Waals surface area (Å²) in [7, 11) is 0. The normalized spacial score (nSPS) is 25.4. The number of hydrogen-bond acceptors (Lipinski definition) is 4. The van der Waals surface area contributed by atoms with Crippen LogP contribution in [0.25, 0.3) is 0 Å². The van der Waals surface area contributed by atoms with Crippen LogP contribution in [0, 0.1) is 0 Å². The molecule has 0 bridgehead atoms. The fourth-order valence-electron chi connectivity index (χ4n) is 2.45. The summed E-state index contributed by atoms with van der Waals surface area (Å²) in [6, 6.07) is 8.23. The Bertz CT molecular complexity index is 504. The first-order valence-corrected chi connectivity index (χ1v) is 6.84. The van der Waals surface area contributed by atoms with Crippen LogP contribution in [0.4, 0.5) is 4.79 Å². The van der Waals surface area contributed by atoms with Crippen LogP contribution in [-0.4, -0.2) is 46.9 Å². The summed E-state index contributed by atoms with van der Waals surface area (Å²) in [5.74, 6) is -1.09. The molecular weight excluding hydrogens is 274 g/mol. The molecular formula is C15H19NO5. The number of ether oxygens (including phenoxy) is 2. The molecule has 21 heavy (non-hydrogen) atoms. The van der Waals surface area contributed by atoms with Gasteiger partial charge in [-0.25, -0.2) is 9.59 Å².